The van der Waals surface area contributed by atoms with E-state index in [1.165, 1.54) is 0 Å². The molecule has 0 saturated heterocycles. The molecule has 0 heterocycles. The van der Waals surface area contributed by atoms with E-state index in [0.29, 0.717) is 25.7 Å². The Morgan fingerprint density at radius 1 is 1.45 bits per heavy atom. The number of rotatable bonds is 4. The van der Waals surface area contributed by atoms with E-state index < -0.39 is 14.8 Å². The van der Waals surface area contributed by atoms with Crippen LogP contribution in [0.5, 0.6) is 0 Å². The van der Waals surface area contributed by atoms with Gasteiger partial charge in [0.1, 0.15) is 0 Å². The van der Waals surface area contributed by atoms with Gasteiger partial charge in [-0.3, -0.25) is 0 Å². The number of aliphatic hydroxyl groups excluding tert-OH is 1. The molecule has 0 spiro atoms. The molecule has 0 atom stereocenters. The van der Waals surface area contributed by atoms with Gasteiger partial charge in [-0.05, 0) is 25.7 Å². The lowest BCUT2D eigenvalue weighted by Crippen LogP contribution is -2.30. The highest BCUT2D eigenvalue weighted by Crippen LogP contribution is 2.45. The first-order valence-electron chi connectivity index (χ1n) is 3.65. The van der Waals surface area contributed by atoms with Crippen LogP contribution in [-0.4, -0.2) is 24.9 Å². The van der Waals surface area contributed by atoms with E-state index in [0.717, 1.165) is 0 Å². The predicted molar refractivity (Wildman–Crippen MR) is 41.4 cm³/mol. The molecule has 0 bridgehead atoms. The van der Waals surface area contributed by atoms with E-state index in [1.807, 2.05) is 0 Å². The number of primary sulfonamides is 1. The van der Waals surface area contributed by atoms with Crippen LogP contribution in [-0.2, 0) is 10.0 Å². The van der Waals surface area contributed by atoms with Gasteiger partial charge in [-0.2, -0.15) is 0 Å². The maximum atomic E-state index is 10.9. The Hall–Kier alpha value is -0.130. The second-order valence-electron chi connectivity index (χ2n) is 3.06. The van der Waals surface area contributed by atoms with Crippen LogP contribution in [0.15, 0.2) is 0 Å². The van der Waals surface area contributed by atoms with E-state index in [-0.39, 0.29) is 6.61 Å². The Bertz CT molecular complexity index is 230. The number of nitrogens with two attached hydrogens (primary N) is 1. The Balaban J connectivity index is 2.55. The van der Waals surface area contributed by atoms with Crippen molar-refractivity contribution in [3.05, 3.63) is 0 Å². The second-order valence-corrected chi connectivity index (χ2v) is 5.01. The van der Waals surface area contributed by atoms with Gasteiger partial charge in [0.2, 0.25) is 10.0 Å². The lowest BCUT2D eigenvalue weighted by atomic mass is 10.2. The van der Waals surface area contributed by atoms with Crippen LogP contribution in [0, 0.1) is 0 Å². The van der Waals surface area contributed by atoms with Crippen molar-refractivity contribution in [2.45, 2.75) is 30.4 Å². The topological polar surface area (TPSA) is 80.4 Å². The minimum absolute atomic E-state index is 0.0390. The molecule has 11 heavy (non-hydrogen) atoms. The standard InChI is InChI=1S/C6H13NO3S/c7-11(9,10)6(3-4-6)2-1-5-8/h8H,1-5H2,(H2,7,9,10). The smallest absolute Gasteiger partial charge is 0.214 e. The van der Waals surface area contributed by atoms with Crippen molar-refractivity contribution in [3.63, 3.8) is 0 Å². The molecule has 1 saturated carbocycles. The van der Waals surface area contributed by atoms with Gasteiger partial charge in [0.15, 0.2) is 0 Å². The van der Waals surface area contributed by atoms with Crippen molar-refractivity contribution >= 4 is 10.0 Å². The van der Waals surface area contributed by atoms with Crippen LogP contribution in [0.4, 0.5) is 0 Å². The highest BCUT2D eigenvalue weighted by Gasteiger charge is 2.51. The quantitative estimate of drug-likeness (QED) is 0.615. The van der Waals surface area contributed by atoms with Crippen LogP contribution in [0.1, 0.15) is 25.7 Å². The van der Waals surface area contributed by atoms with E-state index in [1.54, 1.807) is 0 Å². The van der Waals surface area contributed by atoms with Gasteiger partial charge in [0, 0.05) is 6.61 Å². The molecule has 3 N–H and O–H groups in total. The van der Waals surface area contributed by atoms with Crippen LogP contribution in [0.2, 0.25) is 0 Å². The highest BCUT2D eigenvalue weighted by molar-refractivity contribution is 7.90. The van der Waals surface area contributed by atoms with Gasteiger partial charge in [-0.25, -0.2) is 13.6 Å². The maximum absolute atomic E-state index is 10.9. The third-order valence-electron chi connectivity index (χ3n) is 2.20. The molecule has 66 valence electrons. The maximum Gasteiger partial charge on any atom is 0.214 e. The lowest BCUT2D eigenvalue weighted by molar-refractivity contribution is 0.282. The number of hydrogen-bond donors (Lipinski definition) is 2. The summed E-state index contributed by atoms with van der Waals surface area (Å²) in [5.74, 6) is 0. The summed E-state index contributed by atoms with van der Waals surface area (Å²) in [4.78, 5) is 0. The fourth-order valence-electron chi connectivity index (χ4n) is 1.22. The van der Waals surface area contributed by atoms with Crippen LogP contribution >= 0.6 is 0 Å². The molecule has 0 radical (unpaired) electrons. The second kappa shape index (κ2) is 2.73. The van der Waals surface area contributed by atoms with Gasteiger partial charge < -0.3 is 5.11 Å². The summed E-state index contributed by atoms with van der Waals surface area (Å²) in [5.41, 5.74) is 0. The van der Waals surface area contributed by atoms with E-state index in [4.69, 9.17) is 10.2 Å². The summed E-state index contributed by atoms with van der Waals surface area (Å²) in [6, 6.07) is 0. The summed E-state index contributed by atoms with van der Waals surface area (Å²) >= 11 is 0. The fourth-order valence-corrected chi connectivity index (χ4v) is 2.32. The molecule has 5 heteroatoms. The first-order valence-corrected chi connectivity index (χ1v) is 5.20. The Morgan fingerprint density at radius 3 is 2.27 bits per heavy atom. The summed E-state index contributed by atoms with van der Waals surface area (Å²) in [7, 11) is -3.37. The zero-order chi connectivity index (χ0) is 8.54. The Morgan fingerprint density at radius 2 is 2.00 bits per heavy atom. The highest BCUT2D eigenvalue weighted by atomic mass is 32.2. The Kier molecular flexibility index (Phi) is 2.22. The molecule has 0 aliphatic heterocycles. The molecule has 4 nitrogen and oxygen atoms in total. The van der Waals surface area contributed by atoms with Gasteiger partial charge in [-0.15, -0.1) is 0 Å². The van der Waals surface area contributed by atoms with E-state index >= 15 is 0 Å². The molecule has 0 unspecified atom stereocenters. The monoisotopic (exact) mass is 179 g/mol. The molecule has 1 aliphatic carbocycles. The minimum Gasteiger partial charge on any atom is -0.396 e. The van der Waals surface area contributed by atoms with E-state index in [9.17, 15) is 8.42 Å². The van der Waals surface area contributed by atoms with Crippen molar-refractivity contribution in [2.24, 2.45) is 5.14 Å². The summed E-state index contributed by atoms with van der Waals surface area (Å²) in [5, 5.41) is 13.5. The van der Waals surface area contributed by atoms with Crippen molar-refractivity contribution < 1.29 is 13.5 Å². The fraction of sp³-hybridized carbons (Fsp3) is 1.00. The Labute approximate surface area is 66.5 Å². The number of aliphatic hydroxyl groups is 1. The van der Waals surface area contributed by atoms with Crippen molar-refractivity contribution in [1.82, 2.24) is 0 Å². The third kappa shape index (κ3) is 1.72. The molecule has 0 aromatic heterocycles. The predicted octanol–water partition coefficient (Wildman–Crippen LogP) is -0.420. The molecule has 1 rings (SSSR count). The summed E-state index contributed by atoms with van der Waals surface area (Å²) in [6.07, 6.45) is 2.34. The van der Waals surface area contributed by atoms with Gasteiger partial charge in [0.25, 0.3) is 0 Å². The molecule has 1 aliphatic rings. The largest absolute Gasteiger partial charge is 0.396 e. The summed E-state index contributed by atoms with van der Waals surface area (Å²) < 4.78 is 21.2. The van der Waals surface area contributed by atoms with Crippen LogP contribution < -0.4 is 5.14 Å². The molecule has 0 amide bonds. The van der Waals surface area contributed by atoms with Crippen LogP contribution in [0.3, 0.4) is 0 Å². The average molecular weight is 179 g/mol. The molecule has 1 fully saturated rings. The SMILES string of the molecule is NS(=O)(=O)C1(CCCO)CC1. The molecule has 0 aromatic carbocycles. The zero-order valence-corrected chi connectivity index (χ0v) is 7.10. The molecule has 0 aromatic rings. The normalized spacial score (nSPS) is 21.6. The van der Waals surface area contributed by atoms with E-state index in [2.05, 4.69) is 0 Å². The zero-order valence-electron chi connectivity index (χ0n) is 6.28. The van der Waals surface area contributed by atoms with Crippen molar-refractivity contribution in [1.29, 1.82) is 0 Å². The first-order chi connectivity index (χ1) is 5.02. The minimum atomic E-state index is -3.37. The van der Waals surface area contributed by atoms with Gasteiger partial charge in [0.05, 0.1) is 4.75 Å². The average Bonchev–Trinajstić information content (AvgIpc) is 2.61. The van der Waals surface area contributed by atoms with Crippen LogP contribution in [0.25, 0.3) is 0 Å². The summed E-state index contributed by atoms with van der Waals surface area (Å²) in [6.45, 7) is 0.0390. The number of hydrogen-bond acceptors (Lipinski definition) is 3. The molecular weight excluding hydrogens is 166 g/mol. The number of sulfonamides is 1. The molecular formula is C6H13NO3S. The first kappa shape index (κ1) is 8.96. The van der Waals surface area contributed by atoms with Crippen molar-refractivity contribution in [3.8, 4) is 0 Å². The van der Waals surface area contributed by atoms with Gasteiger partial charge in [-0.1, -0.05) is 0 Å². The third-order valence-corrected chi connectivity index (χ3v) is 4.02. The van der Waals surface area contributed by atoms with Gasteiger partial charge >= 0.3 is 0 Å². The van der Waals surface area contributed by atoms with Crippen molar-refractivity contribution in [2.75, 3.05) is 6.61 Å². The lowest BCUT2D eigenvalue weighted by Gasteiger charge is -2.10.